The van der Waals surface area contributed by atoms with E-state index in [1.807, 2.05) is 38.1 Å². The summed E-state index contributed by atoms with van der Waals surface area (Å²) in [5.74, 6) is 1.99. The summed E-state index contributed by atoms with van der Waals surface area (Å²) >= 11 is 0. The van der Waals surface area contributed by atoms with Crippen molar-refractivity contribution in [2.75, 3.05) is 19.8 Å². The molecule has 0 bridgehead atoms. The number of benzene rings is 1. The standard InChI is InChI=1S/C14H18N2O3/c1-3-13-15-16-14(19-13)11-5-7-12(8-6-11)18-10-9-17-4-2/h5-8H,3-4,9-10H2,1-2H3. The molecule has 0 amide bonds. The Labute approximate surface area is 112 Å². The monoisotopic (exact) mass is 262 g/mol. The van der Waals surface area contributed by atoms with Gasteiger partial charge in [-0.2, -0.15) is 0 Å². The first-order valence-electron chi connectivity index (χ1n) is 6.46. The number of ether oxygens (including phenoxy) is 2. The first-order valence-corrected chi connectivity index (χ1v) is 6.46. The van der Waals surface area contributed by atoms with Crippen LogP contribution in [0.4, 0.5) is 0 Å². The Morgan fingerprint density at radius 3 is 2.47 bits per heavy atom. The van der Waals surface area contributed by atoms with Crippen LogP contribution in [0, 0.1) is 0 Å². The molecule has 2 aromatic rings. The van der Waals surface area contributed by atoms with Crippen molar-refractivity contribution in [2.45, 2.75) is 20.3 Å². The highest BCUT2D eigenvalue weighted by Crippen LogP contribution is 2.21. The summed E-state index contributed by atoms with van der Waals surface area (Å²) < 4.78 is 16.2. The largest absolute Gasteiger partial charge is 0.491 e. The van der Waals surface area contributed by atoms with E-state index < -0.39 is 0 Å². The molecule has 0 saturated heterocycles. The molecule has 0 fully saturated rings. The molecular formula is C14H18N2O3. The maximum absolute atomic E-state index is 5.53. The second kappa shape index (κ2) is 6.89. The maximum Gasteiger partial charge on any atom is 0.247 e. The summed E-state index contributed by atoms with van der Waals surface area (Å²) in [4.78, 5) is 0. The molecule has 0 aliphatic carbocycles. The van der Waals surface area contributed by atoms with Crippen molar-refractivity contribution in [3.63, 3.8) is 0 Å². The molecule has 0 aliphatic rings. The molecule has 0 aliphatic heterocycles. The summed E-state index contributed by atoms with van der Waals surface area (Å²) in [5.41, 5.74) is 0.893. The summed E-state index contributed by atoms with van der Waals surface area (Å²) in [5, 5.41) is 7.94. The van der Waals surface area contributed by atoms with Gasteiger partial charge in [-0.15, -0.1) is 10.2 Å². The lowest BCUT2D eigenvalue weighted by atomic mass is 10.2. The molecular weight excluding hydrogens is 244 g/mol. The van der Waals surface area contributed by atoms with Crippen LogP contribution in [-0.2, 0) is 11.2 Å². The van der Waals surface area contributed by atoms with E-state index in [0.29, 0.717) is 31.6 Å². The molecule has 0 saturated carbocycles. The molecule has 1 aromatic carbocycles. The molecule has 19 heavy (non-hydrogen) atoms. The maximum atomic E-state index is 5.53. The Bertz CT molecular complexity index is 494. The van der Waals surface area contributed by atoms with E-state index in [4.69, 9.17) is 13.9 Å². The zero-order valence-corrected chi connectivity index (χ0v) is 11.3. The van der Waals surface area contributed by atoms with Gasteiger partial charge in [0, 0.05) is 18.6 Å². The molecule has 0 N–H and O–H groups in total. The molecule has 102 valence electrons. The molecule has 0 spiro atoms. The molecule has 5 heteroatoms. The van der Waals surface area contributed by atoms with E-state index in [1.54, 1.807) is 0 Å². The fourth-order valence-electron chi connectivity index (χ4n) is 1.57. The highest BCUT2D eigenvalue weighted by molar-refractivity contribution is 5.53. The predicted octanol–water partition coefficient (Wildman–Crippen LogP) is 2.71. The van der Waals surface area contributed by atoms with Crippen LogP contribution in [0.25, 0.3) is 11.5 Å². The highest BCUT2D eigenvalue weighted by Gasteiger charge is 2.07. The third kappa shape index (κ3) is 3.79. The van der Waals surface area contributed by atoms with Crippen LogP contribution in [0.3, 0.4) is 0 Å². The summed E-state index contributed by atoms with van der Waals surface area (Å²) in [6, 6.07) is 7.58. The Morgan fingerprint density at radius 2 is 1.84 bits per heavy atom. The van der Waals surface area contributed by atoms with Crippen molar-refractivity contribution in [3.05, 3.63) is 30.2 Å². The van der Waals surface area contributed by atoms with E-state index in [1.165, 1.54) is 0 Å². The highest BCUT2D eigenvalue weighted by atomic mass is 16.5. The van der Waals surface area contributed by atoms with E-state index in [2.05, 4.69) is 10.2 Å². The summed E-state index contributed by atoms with van der Waals surface area (Å²) in [6.07, 6.45) is 0.742. The van der Waals surface area contributed by atoms with Gasteiger partial charge < -0.3 is 13.9 Å². The third-order valence-corrected chi connectivity index (χ3v) is 2.57. The second-order valence-electron chi connectivity index (χ2n) is 3.92. The third-order valence-electron chi connectivity index (χ3n) is 2.57. The van der Waals surface area contributed by atoms with Gasteiger partial charge in [-0.1, -0.05) is 6.92 Å². The van der Waals surface area contributed by atoms with Crippen molar-refractivity contribution in [3.8, 4) is 17.2 Å². The minimum atomic E-state index is 0.540. The van der Waals surface area contributed by atoms with Crippen LogP contribution in [0.5, 0.6) is 5.75 Å². The molecule has 1 heterocycles. The van der Waals surface area contributed by atoms with Crippen LogP contribution in [0.15, 0.2) is 28.7 Å². The van der Waals surface area contributed by atoms with Crippen molar-refractivity contribution in [1.29, 1.82) is 0 Å². The Hall–Kier alpha value is -1.88. The zero-order valence-electron chi connectivity index (χ0n) is 11.3. The lowest BCUT2D eigenvalue weighted by Crippen LogP contribution is -2.06. The number of nitrogens with zero attached hydrogens (tertiary/aromatic N) is 2. The van der Waals surface area contributed by atoms with Gasteiger partial charge in [0.15, 0.2) is 0 Å². The predicted molar refractivity (Wildman–Crippen MR) is 71.1 cm³/mol. The van der Waals surface area contributed by atoms with Gasteiger partial charge in [0.25, 0.3) is 0 Å². The minimum absolute atomic E-state index is 0.540. The fourth-order valence-corrected chi connectivity index (χ4v) is 1.57. The summed E-state index contributed by atoms with van der Waals surface area (Å²) in [6.45, 7) is 5.80. The quantitative estimate of drug-likeness (QED) is 0.718. The normalized spacial score (nSPS) is 10.6. The van der Waals surface area contributed by atoms with E-state index in [-0.39, 0.29) is 0 Å². The van der Waals surface area contributed by atoms with Crippen LogP contribution < -0.4 is 4.74 Å². The minimum Gasteiger partial charge on any atom is -0.491 e. The number of aryl methyl sites for hydroxylation is 1. The van der Waals surface area contributed by atoms with Gasteiger partial charge in [0.05, 0.1) is 6.61 Å². The van der Waals surface area contributed by atoms with Gasteiger partial charge >= 0.3 is 0 Å². The average Bonchev–Trinajstić information content (AvgIpc) is 2.93. The average molecular weight is 262 g/mol. The Kier molecular flexibility index (Phi) is 4.92. The van der Waals surface area contributed by atoms with Gasteiger partial charge in [0.1, 0.15) is 12.4 Å². The van der Waals surface area contributed by atoms with Crippen LogP contribution in [0.1, 0.15) is 19.7 Å². The molecule has 0 atom stereocenters. The Balaban J connectivity index is 1.94. The van der Waals surface area contributed by atoms with Crippen molar-refractivity contribution in [1.82, 2.24) is 10.2 Å². The molecule has 5 nitrogen and oxygen atoms in total. The second-order valence-corrected chi connectivity index (χ2v) is 3.92. The lowest BCUT2D eigenvalue weighted by Gasteiger charge is -2.06. The molecule has 1 aromatic heterocycles. The number of hydrogen-bond donors (Lipinski definition) is 0. The van der Waals surface area contributed by atoms with Gasteiger partial charge in [0.2, 0.25) is 11.8 Å². The van der Waals surface area contributed by atoms with E-state index in [0.717, 1.165) is 17.7 Å². The molecule has 0 unspecified atom stereocenters. The topological polar surface area (TPSA) is 57.4 Å². The van der Waals surface area contributed by atoms with Crippen molar-refractivity contribution >= 4 is 0 Å². The van der Waals surface area contributed by atoms with Crippen LogP contribution in [-0.4, -0.2) is 30.0 Å². The number of aromatic nitrogens is 2. The van der Waals surface area contributed by atoms with Crippen LogP contribution in [0.2, 0.25) is 0 Å². The molecule has 2 rings (SSSR count). The SMILES string of the molecule is CCOCCOc1ccc(-c2nnc(CC)o2)cc1. The van der Waals surface area contributed by atoms with Crippen molar-refractivity contribution in [2.24, 2.45) is 0 Å². The fraction of sp³-hybridized carbons (Fsp3) is 0.429. The van der Waals surface area contributed by atoms with E-state index in [9.17, 15) is 0 Å². The first kappa shape index (κ1) is 13.5. The van der Waals surface area contributed by atoms with Crippen molar-refractivity contribution < 1.29 is 13.9 Å². The van der Waals surface area contributed by atoms with Gasteiger partial charge in [-0.25, -0.2) is 0 Å². The lowest BCUT2D eigenvalue weighted by molar-refractivity contribution is 0.110. The van der Waals surface area contributed by atoms with Crippen LogP contribution >= 0.6 is 0 Å². The summed E-state index contributed by atoms with van der Waals surface area (Å²) in [7, 11) is 0. The number of hydrogen-bond acceptors (Lipinski definition) is 5. The Morgan fingerprint density at radius 1 is 1.05 bits per heavy atom. The van der Waals surface area contributed by atoms with Gasteiger partial charge in [-0.3, -0.25) is 0 Å². The molecule has 0 radical (unpaired) electrons. The number of rotatable bonds is 7. The smallest absolute Gasteiger partial charge is 0.247 e. The first-order chi connectivity index (χ1) is 9.33. The van der Waals surface area contributed by atoms with E-state index >= 15 is 0 Å². The van der Waals surface area contributed by atoms with Gasteiger partial charge in [-0.05, 0) is 31.2 Å². The zero-order chi connectivity index (χ0) is 13.5.